The number of nitriles is 1. The molecule has 1 aliphatic heterocycles. The van der Waals surface area contributed by atoms with Crippen LogP contribution in [0.3, 0.4) is 0 Å². The lowest BCUT2D eigenvalue weighted by molar-refractivity contribution is 0.363. The molecule has 0 radical (unpaired) electrons. The van der Waals surface area contributed by atoms with Gasteiger partial charge in [0.25, 0.3) is 0 Å². The molecular formula is C7H12N4S. The Morgan fingerprint density at radius 3 is 2.75 bits per heavy atom. The van der Waals surface area contributed by atoms with E-state index in [-0.39, 0.29) is 0 Å². The average molecular weight is 184 g/mol. The molecule has 0 unspecified atom stereocenters. The number of nitrogens with zero attached hydrogens (tertiary/aromatic N) is 3. The fourth-order valence-corrected chi connectivity index (χ4v) is 1.72. The summed E-state index contributed by atoms with van der Waals surface area (Å²) in [5.41, 5.74) is 0. The SMILES string of the molecule is CSC(=NC#N)N1CCNCC1. The van der Waals surface area contributed by atoms with Crippen molar-refractivity contribution in [3.8, 4) is 6.19 Å². The first kappa shape index (κ1) is 9.36. The van der Waals surface area contributed by atoms with E-state index in [0.29, 0.717) is 0 Å². The van der Waals surface area contributed by atoms with Crippen LogP contribution in [0.25, 0.3) is 0 Å². The van der Waals surface area contributed by atoms with Gasteiger partial charge in [0.2, 0.25) is 6.19 Å². The Hall–Kier alpha value is -0.730. The number of thioether (sulfide) groups is 1. The molecule has 5 heteroatoms. The highest BCUT2D eigenvalue weighted by molar-refractivity contribution is 8.13. The zero-order valence-corrected chi connectivity index (χ0v) is 7.89. The quantitative estimate of drug-likeness (QED) is 0.329. The predicted octanol–water partition coefficient (Wildman–Crippen LogP) is 0.0917. The van der Waals surface area contributed by atoms with E-state index in [2.05, 4.69) is 15.2 Å². The molecule has 1 saturated heterocycles. The van der Waals surface area contributed by atoms with Crippen molar-refractivity contribution in [1.82, 2.24) is 10.2 Å². The topological polar surface area (TPSA) is 51.4 Å². The maximum absolute atomic E-state index is 8.41. The zero-order valence-electron chi connectivity index (χ0n) is 7.08. The maximum Gasteiger partial charge on any atom is 0.208 e. The zero-order chi connectivity index (χ0) is 8.81. The van der Waals surface area contributed by atoms with E-state index < -0.39 is 0 Å². The molecule has 1 heterocycles. The first-order valence-corrected chi connectivity index (χ1v) is 5.07. The van der Waals surface area contributed by atoms with E-state index in [1.807, 2.05) is 12.4 Å². The lowest BCUT2D eigenvalue weighted by Crippen LogP contribution is -2.45. The molecule has 0 spiro atoms. The summed E-state index contributed by atoms with van der Waals surface area (Å²) in [5.74, 6) is 0. The van der Waals surface area contributed by atoms with Crippen molar-refractivity contribution in [2.75, 3.05) is 32.4 Å². The Morgan fingerprint density at radius 2 is 2.25 bits per heavy atom. The van der Waals surface area contributed by atoms with Gasteiger partial charge in [-0.25, -0.2) is 0 Å². The van der Waals surface area contributed by atoms with Crippen LogP contribution in [0.1, 0.15) is 0 Å². The van der Waals surface area contributed by atoms with Crippen LogP contribution >= 0.6 is 11.8 Å². The maximum atomic E-state index is 8.41. The molecule has 0 aromatic rings. The molecule has 0 saturated carbocycles. The van der Waals surface area contributed by atoms with Crippen LogP contribution in [0, 0.1) is 11.5 Å². The van der Waals surface area contributed by atoms with Gasteiger partial charge in [-0.2, -0.15) is 5.26 Å². The van der Waals surface area contributed by atoms with Crippen LogP contribution in [0.2, 0.25) is 0 Å². The normalized spacial score (nSPS) is 19.0. The summed E-state index contributed by atoms with van der Waals surface area (Å²) in [5, 5.41) is 12.5. The Morgan fingerprint density at radius 1 is 1.58 bits per heavy atom. The van der Waals surface area contributed by atoms with Crippen LogP contribution < -0.4 is 5.32 Å². The Balaban J connectivity index is 2.53. The number of nitrogens with one attached hydrogen (secondary N) is 1. The van der Waals surface area contributed by atoms with Crippen molar-refractivity contribution >= 4 is 16.9 Å². The number of aliphatic imine (C=N–C) groups is 1. The van der Waals surface area contributed by atoms with Crippen LogP contribution in [0.15, 0.2) is 4.99 Å². The minimum Gasteiger partial charge on any atom is -0.348 e. The number of amidine groups is 1. The van der Waals surface area contributed by atoms with Gasteiger partial charge >= 0.3 is 0 Å². The second-order valence-corrected chi connectivity index (χ2v) is 3.21. The average Bonchev–Trinajstić information content (AvgIpc) is 2.15. The molecule has 66 valence electrons. The standard InChI is InChI=1S/C7H12N4S/c1-12-7(10-6-8)11-4-2-9-3-5-11/h9H,2-5H2,1H3. The van der Waals surface area contributed by atoms with Gasteiger partial charge in [-0.05, 0) is 6.26 Å². The molecule has 0 aromatic heterocycles. The van der Waals surface area contributed by atoms with E-state index in [1.54, 1.807) is 0 Å². The summed E-state index contributed by atoms with van der Waals surface area (Å²) in [4.78, 5) is 5.88. The van der Waals surface area contributed by atoms with Gasteiger partial charge in [0.05, 0.1) is 0 Å². The second-order valence-electron chi connectivity index (χ2n) is 2.44. The van der Waals surface area contributed by atoms with Crippen LogP contribution in [0.5, 0.6) is 0 Å². The molecule has 0 aliphatic carbocycles. The third kappa shape index (κ3) is 2.40. The van der Waals surface area contributed by atoms with E-state index in [9.17, 15) is 0 Å². The predicted molar refractivity (Wildman–Crippen MR) is 51.0 cm³/mol. The third-order valence-electron chi connectivity index (χ3n) is 1.72. The summed E-state index contributed by atoms with van der Waals surface area (Å²) >= 11 is 1.53. The molecule has 0 bridgehead atoms. The molecule has 0 aromatic carbocycles. The molecular weight excluding hydrogens is 172 g/mol. The highest BCUT2D eigenvalue weighted by atomic mass is 32.2. The summed E-state index contributed by atoms with van der Waals surface area (Å²) in [7, 11) is 0. The monoisotopic (exact) mass is 184 g/mol. The molecule has 1 N–H and O–H groups in total. The van der Waals surface area contributed by atoms with Crippen molar-refractivity contribution in [3.63, 3.8) is 0 Å². The van der Waals surface area contributed by atoms with Gasteiger partial charge in [0.1, 0.15) is 0 Å². The van der Waals surface area contributed by atoms with Crippen molar-refractivity contribution < 1.29 is 0 Å². The summed E-state index contributed by atoms with van der Waals surface area (Å²) in [6.07, 6.45) is 3.76. The summed E-state index contributed by atoms with van der Waals surface area (Å²) in [6, 6.07) is 0. The van der Waals surface area contributed by atoms with Crippen molar-refractivity contribution in [2.24, 2.45) is 4.99 Å². The lowest BCUT2D eigenvalue weighted by atomic mass is 10.4. The Kier molecular flexibility index (Phi) is 3.91. The van der Waals surface area contributed by atoms with Gasteiger partial charge in [0.15, 0.2) is 5.17 Å². The van der Waals surface area contributed by atoms with E-state index >= 15 is 0 Å². The fraction of sp³-hybridized carbons (Fsp3) is 0.714. The second kappa shape index (κ2) is 5.01. The third-order valence-corrected chi connectivity index (χ3v) is 2.43. The van der Waals surface area contributed by atoms with Crippen LogP contribution in [-0.2, 0) is 0 Å². The van der Waals surface area contributed by atoms with Gasteiger partial charge in [0, 0.05) is 26.2 Å². The molecule has 1 aliphatic rings. The van der Waals surface area contributed by atoms with E-state index in [1.165, 1.54) is 11.8 Å². The summed E-state index contributed by atoms with van der Waals surface area (Å²) < 4.78 is 0. The molecule has 1 fully saturated rings. The number of hydrogen-bond donors (Lipinski definition) is 1. The minimum absolute atomic E-state index is 0.832. The minimum atomic E-state index is 0.832. The molecule has 0 atom stereocenters. The van der Waals surface area contributed by atoms with E-state index in [4.69, 9.17) is 5.26 Å². The molecule has 0 amide bonds. The lowest BCUT2D eigenvalue weighted by Gasteiger charge is -2.28. The van der Waals surface area contributed by atoms with Gasteiger partial charge < -0.3 is 10.2 Å². The largest absolute Gasteiger partial charge is 0.348 e. The van der Waals surface area contributed by atoms with Crippen molar-refractivity contribution in [3.05, 3.63) is 0 Å². The smallest absolute Gasteiger partial charge is 0.208 e. The number of hydrogen-bond acceptors (Lipinski definition) is 4. The summed E-state index contributed by atoms with van der Waals surface area (Å²) in [6.45, 7) is 3.85. The molecule has 1 rings (SSSR count). The molecule has 12 heavy (non-hydrogen) atoms. The Bertz CT molecular complexity index is 202. The van der Waals surface area contributed by atoms with Gasteiger partial charge in [-0.15, -0.1) is 4.99 Å². The number of piperazine rings is 1. The Labute approximate surface area is 76.6 Å². The van der Waals surface area contributed by atoms with Crippen molar-refractivity contribution in [2.45, 2.75) is 0 Å². The highest BCUT2D eigenvalue weighted by Crippen LogP contribution is 2.05. The van der Waals surface area contributed by atoms with Crippen LogP contribution in [-0.4, -0.2) is 42.5 Å². The van der Waals surface area contributed by atoms with E-state index in [0.717, 1.165) is 31.3 Å². The molecule has 4 nitrogen and oxygen atoms in total. The van der Waals surface area contributed by atoms with Gasteiger partial charge in [-0.3, -0.25) is 0 Å². The fourth-order valence-electron chi connectivity index (χ4n) is 1.14. The van der Waals surface area contributed by atoms with Crippen LogP contribution in [0.4, 0.5) is 0 Å². The van der Waals surface area contributed by atoms with Gasteiger partial charge in [-0.1, -0.05) is 11.8 Å². The number of rotatable bonds is 0. The first-order chi connectivity index (χ1) is 5.88. The first-order valence-electron chi connectivity index (χ1n) is 3.85. The highest BCUT2D eigenvalue weighted by Gasteiger charge is 2.12. The van der Waals surface area contributed by atoms with Crippen molar-refractivity contribution in [1.29, 1.82) is 5.26 Å².